The summed E-state index contributed by atoms with van der Waals surface area (Å²) in [6.07, 6.45) is 9.99. The van der Waals surface area contributed by atoms with Gasteiger partial charge in [0.05, 0.1) is 24.4 Å². The predicted molar refractivity (Wildman–Crippen MR) is 247 cm³/mol. The number of benzene rings is 2. The second-order valence-electron chi connectivity index (χ2n) is 20.1. The molecule has 5 fully saturated rings. The first-order chi connectivity index (χ1) is 30.1. The molecule has 3 saturated carbocycles. The Bertz CT molecular complexity index is 1890. The Morgan fingerprint density at radius 3 is 2.33 bits per heavy atom. The summed E-state index contributed by atoms with van der Waals surface area (Å²) in [5.41, 5.74) is 9.56. The topological polar surface area (TPSA) is 163 Å². The standard InChI is InChI=1S/C51H74BN3O8/c1-7-8-14-35-17-19-36(20-18-35)37-21-23-38(24-22-37)43(56)29-39(15-11-12-25-53)49(60)55-42-32-61-26-13-9-10-16-41(54-48(59)33(2)27-44(42)57)45(58)28-34(3)52-62-47-31-40-30-46(50(40,4)5)51(47,6)63-52/h17-24,33-34,39-42,46-47H,7-16,25-32,53H2,1-6H3,(H,54,59)(H,55,60)/t33-,34-,39-,40+,41+,42+,46+,47?,51+/m1/s1. The number of amides is 2. The molecule has 2 amide bonds. The van der Waals surface area contributed by atoms with Gasteiger partial charge < -0.3 is 30.4 Å². The number of aryl methyl sites for hydroxylation is 1. The van der Waals surface area contributed by atoms with Gasteiger partial charge in [-0.3, -0.25) is 24.0 Å². The summed E-state index contributed by atoms with van der Waals surface area (Å²) in [7, 11) is -0.483. The highest BCUT2D eigenvalue weighted by Gasteiger charge is 2.68. The Morgan fingerprint density at radius 1 is 0.937 bits per heavy atom. The third-order valence-corrected chi connectivity index (χ3v) is 15.0. The molecule has 2 aromatic carbocycles. The molecule has 2 bridgehead atoms. The molecule has 1 unspecified atom stereocenters. The Hall–Kier alpha value is -3.71. The van der Waals surface area contributed by atoms with E-state index in [0.717, 1.165) is 49.7 Å². The maximum atomic E-state index is 14.0. The zero-order valence-electron chi connectivity index (χ0n) is 38.9. The average Bonchev–Trinajstić information content (AvgIpc) is 3.64. The van der Waals surface area contributed by atoms with Gasteiger partial charge >= 0.3 is 7.12 Å². The summed E-state index contributed by atoms with van der Waals surface area (Å²) in [5.74, 6) is -1.93. The molecule has 2 aliphatic heterocycles. The molecule has 11 nitrogen and oxygen atoms in total. The van der Waals surface area contributed by atoms with Crippen LogP contribution in [0.2, 0.25) is 5.82 Å². The van der Waals surface area contributed by atoms with Gasteiger partial charge in [-0.25, -0.2) is 0 Å². The number of unbranched alkanes of at least 4 members (excludes halogenated alkanes) is 2. The van der Waals surface area contributed by atoms with E-state index in [-0.39, 0.29) is 72.1 Å². The second-order valence-corrected chi connectivity index (χ2v) is 20.1. The molecule has 0 aromatic heterocycles. The van der Waals surface area contributed by atoms with Crippen LogP contribution in [0.3, 0.4) is 0 Å². The minimum absolute atomic E-state index is 0.0193. The molecule has 2 aromatic rings. The van der Waals surface area contributed by atoms with E-state index in [1.165, 1.54) is 5.56 Å². The lowest BCUT2D eigenvalue weighted by molar-refractivity contribution is -0.199. The number of hydrogen-bond donors (Lipinski definition) is 3. The van der Waals surface area contributed by atoms with Crippen LogP contribution in [0, 0.1) is 29.1 Å². The van der Waals surface area contributed by atoms with Crippen molar-refractivity contribution in [3.8, 4) is 11.1 Å². The number of nitrogens with one attached hydrogen (secondary N) is 2. The highest BCUT2D eigenvalue weighted by Crippen LogP contribution is 2.66. The lowest BCUT2D eigenvalue weighted by Gasteiger charge is -2.64. The Kier molecular flexibility index (Phi) is 17.0. The minimum Gasteiger partial charge on any atom is -0.405 e. The van der Waals surface area contributed by atoms with Gasteiger partial charge in [-0.1, -0.05) is 109 Å². The lowest BCUT2D eigenvalue weighted by Crippen LogP contribution is -2.65. The van der Waals surface area contributed by atoms with Crippen molar-refractivity contribution < 1.29 is 38.0 Å². The first-order valence-electron chi connectivity index (χ1n) is 24.1. The summed E-state index contributed by atoms with van der Waals surface area (Å²) in [4.78, 5) is 69.1. The first-order valence-corrected chi connectivity index (χ1v) is 24.1. The molecular formula is C51H74BN3O8. The predicted octanol–water partition coefficient (Wildman–Crippen LogP) is 8.25. The lowest BCUT2D eigenvalue weighted by atomic mass is 9.43. The van der Waals surface area contributed by atoms with E-state index in [2.05, 4.69) is 62.6 Å². The minimum atomic E-state index is -0.998. The van der Waals surface area contributed by atoms with E-state index >= 15 is 0 Å². The summed E-state index contributed by atoms with van der Waals surface area (Å²) < 4.78 is 19.1. The zero-order valence-corrected chi connectivity index (χ0v) is 38.9. The van der Waals surface area contributed by atoms with Gasteiger partial charge in [-0.05, 0) is 105 Å². The fraction of sp³-hybridized carbons (Fsp3) is 0.667. The van der Waals surface area contributed by atoms with Crippen molar-refractivity contribution in [1.29, 1.82) is 0 Å². The Balaban J connectivity index is 1.05. The zero-order chi connectivity index (χ0) is 45.3. The van der Waals surface area contributed by atoms with Crippen molar-refractivity contribution in [2.24, 2.45) is 34.8 Å². The fourth-order valence-electron chi connectivity index (χ4n) is 10.6. The van der Waals surface area contributed by atoms with Crippen LogP contribution < -0.4 is 16.4 Å². The van der Waals surface area contributed by atoms with E-state index in [1.54, 1.807) is 6.92 Å². The SMILES string of the molecule is CCCCc1ccc(-c2ccc(C(=O)C[C@@H](CCCCN)C(=O)N[C@H]3COCCCCC[C@@H](C(=O)C[C@@H](C)B4OC5C[C@@H]6C[C@@H](C6(C)C)[C@]5(C)O4)NC(=O)[C@H](C)CC3=O)cc2)cc1. The van der Waals surface area contributed by atoms with Crippen LogP contribution in [0.4, 0.5) is 0 Å². The number of Topliss-reactive ketones (excluding diaryl/α,β-unsaturated/α-hetero) is 3. The van der Waals surface area contributed by atoms with Gasteiger partial charge in [0.25, 0.3) is 0 Å². The van der Waals surface area contributed by atoms with Crippen molar-refractivity contribution in [2.75, 3.05) is 19.8 Å². The van der Waals surface area contributed by atoms with Gasteiger partial charge in [0.15, 0.2) is 17.3 Å². The number of hydrogen-bond acceptors (Lipinski definition) is 9. The van der Waals surface area contributed by atoms with Gasteiger partial charge in [-0.15, -0.1) is 0 Å². The number of nitrogens with two attached hydrogens (primary N) is 1. The summed E-state index contributed by atoms with van der Waals surface area (Å²) in [6, 6.07) is 14.3. The average molecular weight is 868 g/mol. The third-order valence-electron chi connectivity index (χ3n) is 15.0. The van der Waals surface area contributed by atoms with Crippen LogP contribution in [0.15, 0.2) is 48.5 Å². The first kappa shape index (κ1) is 48.7. The molecule has 0 spiro atoms. The normalized spacial score (nSPS) is 28.5. The molecule has 63 heavy (non-hydrogen) atoms. The quantitative estimate of drug-likeness (QED) is 0.0808. The largest absolute Gasteiger partial charge is 0.461 e. The van der Waals surface area contributed by atoms with Gasteiger partial charge in [0.2, 0.25) is 11.8 Å². The molecule has 4 N–H and O–H groups in total. The Morgan fingerprint density at radius 2 is 1.65 bits per heavy atom. The summed E-state index contributed by atoms with van der Waals surface area (Å²) >= 11 is 0. The molecule has 344 valence electrons. The van der Waals surface area contributed by atoms with Gasteiger partial charge in [-0.2, -0.15) is 0 Å². The number of carbonyl (C=O) groups excluding carboxylic acids is 5. The molecule has 12 heteroatoms. The molecule has 5 aliphatic rings. The van der Waals surface area contributed by atoms with Crippen LogP contribution in [0.25, 0.3) is 11.1 Å². The van der Waals surface area contributed by atoms with E-state index < -0.39 is 36.9 Å². The van der Waals surface area contributed by atoms with Crippen molar-refractivity contribution in [3.63, 3.8) is 0 Å². The number of rotatable bonds is 17. The smallest absolute Gasteiger partial charge is 0.405 e. The molecule has 9 atom stereocenters. The highest BCUT2D eigenvalue weighted by atomic mass is 16.7. The van der Waals surface area contributed by atoms with E-state index in [9.17, 15) is 24.0 Å². The van der Waals surface area contributed by atoms with Crippen molar-refractivity contribution in [2.45, 2.75) is 167 Å². The number of ether oxygens (including phenoxy) is 1. The van der Waals surface area contributed by atoms with Crippen LogP contribution in [0.1, 0.15) is 147 Å². The van der Waals surface area contributed by atoms with E-state index in [4.69, 9.17) is 19.8 Å². The third kappa shape index (κ3) is 12.0. The Labute approximate surface area is 376 Å². The molecule has 7 rings (SSSR count). The maximum absolute atomic E-state index is 14.0. The molecule has 0 radical (unpaired) electrons. The monoisotopic (exact) mass is 868 g/mol. The van der Waals surface area contributed by atoms with E-state index in [1.807, 2.05) is 31.2 Å². The van der Waals surface area contributed by atoms with Crippen LogP contribution in [-0.4, -0.2) is 79.8 Å². The second kappa shape index (κ2) is 22.0. The summed E-state index contributed by atoms with van der Waals surface area (Å²) in [6.45, 7) is 13.5. The van der Waals surface area contributed by atoms with Gasteiger partial charge in [0, 0.05) is 43.3 Å². The maximum Gasteiger partial charge on any atom is 0.461 e. The van der Waals surface area contributed by atoms with Crippen LogP contribution in [-0.2, 0) is 39.6 Å². The number of carbonyl (C=O) groups is 5. The van der Waals surface area contributed by atoms with Crippen molar-refractivity contribution in [3.05, 3.63) is 59.7 Å². The highest BCUT2D eigenvalue weighted by molar-refractivity contribution is 6.47. The van der Waals surface area contributed by atoms with E-state index in [0.29, 0.717) is 69.1 Å². The van der Waals surface area contributed by atoms with Crippen LogP contribution in [0.5, 0.6) is 0 Å². The summed E-state index contributed by atoms with van der Waals surface area (Å²) in [5, 5.41) is 5.91. The molecule has 2 heterocycles. The van der Waals surface area contributed by atoms with Crippen molar-refractivity contribution in [1.82, 2.24) is 10.6 Å². The van der Waals surface area contributed by atoms with Crippen molar-refractivity contribution >= 4 is 36.3 Å². The molecular weight excluding hydrogens is 793 g/mol. The molecule has 2 saturated heterocycles. The molecule has 3 aliphatic carbocycles. The van der Waals surface area contributed by atoms with Crippen LogP contribution >= 0.6 is 0 Å². The number of ketones is 3. The fourth-order valence-corrected chi connectivity index (χ4v) is 10.6. The van der Waals surface area contributed by atoms with Gasteiger partial charge in [0.1, 0.15) is 6.04 Å².